The Balaban J connectivity index is 1.83. The van der Waals surface area contributed by atoms with Gasteiger partial charge < -0.3 is 5.32 Å². The molecule has 1 unspecified atom stereocenters. The molecule has 1 aliphatic heterocycles. The van der Waals surface area contributed by atoms with E-state index in [1.807, 2.05) is 36.4 Å². The van der Waals surface area contributed by atoms with Gasteiger partial charge in [0, 0.05) is 16.3 Å². The summed E-state index contributed by atoms with van der Waals surface area (Å²) in [6.07, 6.45) is 3.39. The van der Waals surface area contributed by atoms with Crippen molar-refractivity contribution < 1.29 is 4.39 Å². The molecular weight excluding hydrogens is 315 g/mol. The zero-order chi connectivity index (χ0) is 15.8. The summed E-state index contributed by atoms with van der Waals surface area (Å²) in [5.41, 5.74) is 2.34. The molecule has 0 amide bonds. The van der Waals surface area contributed by atoms with E-state index in [9.17, 15) is 4.39 Å². The lowest BCUT2D eigenvalue weighted by atomic mass is 10.0. The summed E-state index contributed by atoms with van der Waals surface area (Å²) >= 11 is 5.94. The first-order valence-electron chi connectivity index (χ1n) is 7.11. The molecule has 0 radical (unpaired) electrons. The highest BCUT2D eigenvalue weighted by molar-refractivity contribution is 6.30. The quantitative estimate of drug-likeness (QED) is 0.770. The summed E-state index contributed by atoms with van der Waals surface area (Å²) < 4.78 is 15.9. The fourth-order valence-electron chi connectivity index (χ4n) is 2.67. The van der Waals surface area contributed by atoms with Crippen LogP contribution in [0.5, 0.6) is 0 Å². The van der Waals surface area contributed by atoms with Crippen LogP contribution in [0.25, 0.3) is 5.70 Å². The highest BCUT2D eigenvalue weighted by Gasteiger charge is 2.25. The van der Waals surface area contributed by atoms with Gasteiger partial charge in [0.25, 0.3) is 0 Å². The molecule has 0 bridgehead atoms. The number of allylic oxidation sites excluding steroid dienone is 1. The van der Waals surface area contributed by atoms with Crippen molar-refractivity contribution in [2.24, 2.45) is 0 Å². The van der Waals surface area contributed by atoms with Crippen LogP contribution in [0.15, 0.2) is 60.9 Å². The van der Waals surface area contributed by atoms with E-state index in [4.69, 9.17) is 11.6 Å². The van der Waals surface area contributed by atoms with Crippen molar-refractivity contribution in [3.63, 3.8) is 0 Å². The Kier molecular flexibility index (Phi) is 3.35. The SMILES string of the molecule is Fc1ccccc1C1C=C(c2ccc(Cl)cc2)Nc2ncnn21. The number of nitrogens with zero attached hydrogens (tertiary/aromatic N) is 3. The van der Waals surface area contributed by atoms with E-state index >= 15 is 0 Å². The first-order chi connectivity index (χ1) is 11.2. The third kappa shape index (κ3) is 2.49. The summed E-state index contributed by atoms with van der Waals surface area (Å²) in [4.78, 5) is 4.21. The number of rotatable bonds is 2. The van der Waals surface area contributed by atoms with E-state index < -0.39 is 0 Å². The van der Waals surface area contributed by atoms with Crippen LogP contribution in [-0.4, -0.2) is 14.8 Å². The number of hydrogen-bond donors (Lipinski definition) is 1. The van der Waals surface area contributed by atoms with E-state index in [2.05, 4.69) is 15.4 Å². The molecule has 0 saturated carbocycles. The molecule has 1 aliphatic rings. The smallest absolute Gasteiger partial charge is 0.226 e. The van der Waals surface area contributed by atoms with Crippen LogP contribution in [0, 0.1) is 5.82 Å². The molecule has 2 heterocycles. The van der Waals surface area contributed by atoms with Gasteiger partial charge in [-0.2, -0.15) is 10.1 Å². The van der Waals surface area contributed by atoms with Gasteiger partial charge in [-0.3, -0.25) is 0 Å². The Labute approximate surface area is 137 Å². The number of anilines is 1. The minimum atomic E-state index is -0.361. The van der Waals surface area contributed by atoms with Gasteiger partial charge in [-0.25, -0.2) is 9.07 Å². The first-order valence-corrected chi connectivity index (χ1v) is 7.49. The molecule has 6 heteroatoms. The van der Waals surface area contributed by atoms with Crippen LogP contribution < -0.4 is 5.32 Å². The highest BCUT2D eigenvalue weighted by Crippen LogP contribution is 2.33. The molecule has 114 valence electrons. The van der Waals surface area contributed by atoms with Crippen LogP contribution >= 0.6 is 11.6 Å². The predicted molar refractivity (Wildman–Crippen MR) is 87.6 cm³/mol. The van der Waals surface area contributed by atoms with E-state index in [0.717, 1.165) is 11.3 Å². The van der Waals surface area contributed by atoms with Gasteiger partial charge in [0.05, 0.1) is 0 Å². The molecule has 1 N–H and O–H groups in total. The molecule has 4 nitrogen and oxygen atoms in total. The Morgan fingerprint density at radius 3 is 2.65 bits per heavy atom. The van der Waals surface area contributed by atoms with E-state index in [-0.39, 0.29) is 11.9 Å². The minimum absolute atomic E-state index is 0.271. The molecule has 3 aromatic rings. The first kappa shape index (κ1) is 14.0. The predicted octanol–water partition coefficient (Wildman–Crippen LogP) is 4.13. The van der Waals surface area contributed by atoms with E-state index in [0.29, 0.717) is 16.5 Å². The second-order valence-electron chi connectivity index (χ2n) is 5.21. The van der Waals surface area contributed by atoms with Crippen LogP contribution in [0.3, 0.4) is 0 Å². The molecule has 1 atom stereocenters. The van der Waals surface area contributed by atoms with Crippen molar-refractivity contribution in [2.75, 3.05) is 5.32 Å². The van der Waals surface area contributed by atoms with Gasteiger partial charge in [-0.15, -0.1) is 0 Å². The summed E-state index contributed by atoms with van der Waals surface area (Å²) in [5.74, 6) is 0.304. The monoisotopic (exact) mass is 326 g/mol. The number of aromatic nitrogens is 3. The maximum atomic E-state index is 14.2. The molecule has 2 aromatic carbocycles. The van der Waals surface area contributed by atoms with Gasteiger partial charge in [0.2, 0.25) is 5.95 Å². The van der Waals surface area contributed by atoms with E-state index in [1.54, 1.807) is 16.8 Å². The molecule has 0 spiro atoms. The lowest BCUT2D eigenvalue weighted by molar-refractivity contribution is 0.551. The van der Waals surface area contributed by atoms with Crippen LogP contribution in [0.1, 0.15) is 17.2 Å². The van der Waals surface area contributed by atoms with Crippen molar-refractivity contribution in [2.45, 2.75) is 6.04 Å². The molecule has 0 saturated heterocycles. The summed E-state index contributed by atoms with van der Waals surface area (Å²) in [6, 6.07) is 13.8. The highest BCUT2D eigenvalue weighted by atomic mass is 35.5. The number of halogens is 2. The topological polar surface area (TPSA) is 42.7 Å². The Morgan fingerprint density at radius 1 is 1.09 bits per heavy atom. The molecule has 4 rings (SSSR count). The summed E-state index contributed by atoms with van der Waals surface area (Å²) in [5, 5.41) is 8.09. The van der Waals surface area contributed by atoms with Gasteiger partial charge in [-0.05, 0) is 29.8 Å². The van der Waals surface area contributed by atoms with Crippen molar-refractivity contribution in [1.82, 2.24) is 14.8 Å². The maximum Gasteiger partial charge on any atom is 0.226 e. The number of hydrogen-bond acceptors (Lipinski definition) is 3. The van der Waals surface area contributed by atoms with Gasteiger partial charge in [0.15, 0.2) is 0 Å². The third-order valence-electron chi connectivity index (χ3n) is 3.79. The molecule has 1 aromatic heterocycles. The van der Waals surface area contributed by atoms with Gasteiger partial charge >= 0.3 is 0 Å². The zero-order valence-corrected chi connectivity index (χ0v) is 12.7. The van der Waals surface area contributed by atoms with Crippen molar-refractivity contribution >= 4 is 23.2 Å². The Morgan fingerprint density at radius 2 is 1.87 bits per heavy atom. The largest absolute Gasteiger partial charge is 0.324 e. The standard InChI is InChI=1S/C17H12ClFN4/c18-12-7-5-11(6-8-12)15-9-16(13-3-1-2-4-14(13)19)23-17(22-15)20-10-21-23/h1-10,16H,(H,20,21,22). The van der Waals surface area contributed by atoms with E-state index in [1.165, 1.54) is 12.4 Å². The molecule has 23 heavy (non-hydrogen) atoms. The fraction of sp³-hybridized carbons (Fsp3) is 0.0588. The Bertz CT molecular complexity index is 886. The lowest BCUT2D eigenvalue weighted by Crippen LogP contribution is -2.21. The fourth-order valence-corrected chi connectivity index (χ4v) is 2.79. The third-order valence-corrected chi connectivity index (χ3v) is 4.04. The number of nitrogens with one attached hydrogen (secondary N) is 1. The minimum Gasteiger partial charge on any atom is -0.324 e. The van der Waals surface area contributed by atoms with Gasteiger partial charge in [-0.1, -0.05) is 41.9 Å². The van der Waals surface area contributed by atoms with Crippen LogP contribution in [-0.2, 0) is 0 Å². The second-order valence-corrected chi connectivity index (χ2v) is 5.64. The van der Waals surface area contributed by atoms with Crippen LogP contribution in [0.4, 0.5) is 10.3 Å². The second kappa shape index (κ2) is 5.52. The van der Waals surface area contributed by atoms with Crippen molar-refractivity contribution in [3.05, 3.63) is 82.9 Å². The molecular formula is C17H12ClFN4. The van der Waals surface area contributed by atoms with Crippen molar-refractivity contribution in [1.29, 1.82) is 0 Å². The average molecular weight is 327 g/mol. The number of fused-ring (bicyclic) bond motifs is 1. The molecule has 0 aliphatic carbocycles. The summed E-state index contributed by atoms with van der Waals surface area (Å²) in [6.45, 7) is 0. The number of benzene rings is 2. The average Bonchev–Trinajstić information content (AvgIpc) is 3.04. The summed E-state index contributed by atoms with van der Waals surface area (Å²) in [7, 11) is 0. The molecule has 0 fully saturated rings. The lowest BCUT2D eigenvalue weighted by Gasteiger charge is -2.24. The van der Waals surface area contributed by atoms with Gasteiger partial charge in [0.1, 0.15) is 18.2 Å². The maximum absolute atomic E-state index is 14.2. The Hall–Kier alpha value is -2.66. The van der Waals surface area contributed by atoms with Crippen LogP contribution in [0.2, 0.25) is 5.02 Å². The van der Waals surface area contributed by atoms with Crippen molar-refractivity contribution in [3.8, 4) is 0 Å². The zero-order valence-electron chi connectivity index (χ0n) is 11.9. The normalized spacial score (nSPS) is 16.4.